The van der Waals surface area contributed by atoms with E-state index in [1.165, 1.54) is 22.9 Å². The lowest BCUT2D eigenvalue weighted by atomic mass is 10.1. The van der Waals surface area contributed by atoms with E-state index < -0.39 is 5.91 Å². The van der Waals surface area contributed by atoms with E-state index in [1.807, 2.05) is 50.2 Å². The summed E-state index contributed by atoms with van der Waals surface area (Å²) in [5.74, 6) is 0.921. The van der Waals surface area contributed by atoms with Crippen LogP contribution in [0.5, 0.6) is 11.5 Å². The molecule has 4 aromatic rings. The number of rotatable bonds is 11. The van der Waals surface area contributed by atoms with Crippen molar-refractivity contribution in [2.75, 3.05) is 25.4 Å². The summed E-state index contributed by atoms with van der Waals surface area (Å²) < 4.78 is 17.9. The molecule has 13 heteroatoms. The van der Waals surface area contributed by atoms with E-state index in [1.54, 1.807) is 0 Å². The van der Waals surface area contributed by atoms with E-state index in [4.69, 9.17) is 19.8 Å². The van der Waals surface area contributed by atoms with Gasteiger partial charge < -0.3 is 15.2 Å². The Morgan fingerprint density at radius 3 is 2.73 bits per heavy atom. The highest BCUT2D eigenvalue weighted by Crippen LogP contribution is 2.29. The Bertz CT molecular complexity index is 1510. The minimum Gasteiger partial charge on any atom is -0.490 e. The van der Waals surface area contributed by atoms with Crippen molar-refractivity contribution in [2.45, 2.75) is 46.3 Å². The first-order valence-electron chi connectivity index (χ1n) is 13.6. The van der Waals surface area contributed by atoms with Crippen LogP contribution in [0.1, 0.15) is 59.1 Å². The van der Waals surface area contributed by atoms with Crippen LogP contribution in [-0.4, -0.2) is 62.0 Å². The Kier molecular flexibility index (Phi) is 8.84. The molecule has 5 rings (SSSR count). The predicted molar refractivity (Wildman–Crippen MR) is 151 cm³/mol. The molecule has 0 bridgehead atoms. The van der Waals surface area contributed by atoms with E-state index in [9.17, 15) is 4.79 Å². The molecule has 13 nitrogen and oxygen atoms in total. The van der Waals surface area contributed by atoms with Gasteiger partial charge in [0.2, 0.25) is 11.6 Å². The summed E-state index contributed by atoms with van der Waals surface area (Å²) in [4.78, 5) is 15.4. The largest absolute Gasteiger partial charge is 0.490 e. The zero-order chi connectivity index (χ0) is 28.6. The molecular formula is C28H33N9O4. The minimum absolute atomic E-state index is 0.0520. The third-order valence-electron chi connectivity index (χ3n) is 6.62. The van der Waals surface area contributed by atoms with Gasteiger partial charge in [-0.2, -0.15) is 9.78 Å². The van der Waals surface area contributed by atoms with E-state index in [-0.39, 0.29) is 17.3 Å². The number of amides is 1. The van der Waals surface area contributed by atoms with Crippen LogP contribution < -0.4 is 20.6 Å². The van der Waals surface area contributed by atoms with Crippen molar-refractivity contribution in [1.82, 2.24) is 35.6 Å². The molecule has 1 saturated heterocycles. The molecule has 3 N–H and O–H groups in total. The van der Waals surface area contributed by atoms with E-state index in [0.717, 1.165) is 37.1 Å². The van der Waals surface area contributed by atoms with Crippen molar-refractivity contribution in [2.24, 2.45) is 5.10 Å². The second-order valence-corrected chi connectivity index (χ2v) is 9.72. The second-order valence-electron chi connectivity index (χ2n) is 9.72. The van der Waals surface area contributed by atoms with Crippen LogP contribution in [-0.2, 0) is 13.2 Å². The van der Waals surface area contributed by atoms with Gasteiger partial charge in [-0.25, -0.2) is 10.1 Å². The molecule has 1 aliphatic heterocycles. The van der Waals surface area contributed by atoms with Crippen LogP contribution in [0.15, 0.2) is 52.2 Å². The summed E-state index contributed by atoms with van der Waals surface area (Å²) in [5, 5.41) is 19.8. The number of nitrogens with one attached hydrogen (secondary N) is 1. The molecule has 0 atom stereocenters. The standard InChI is InChI=1S/C28H33N9O4/c1-3-39-24-15-20(10-11-23(24)40-18-21-9-7-8-19(2)14-21)16-30-32-28(38)25-22(17-36-12-5-4-6-13-36)37(35-31-25)27-26(29)33-41-34-27/h7-11,14-16H,3-6,12-13,17-18H2,1-2H3,(H2,29,33)(H,32,38). The average molecular weight is 560 g/mol. The second kappa shape index (κ2) is 13.0. The molecule has 0 aliphatic carbocycles. The summed E-state index contributed by atoms with van der Waals surface area (Å²) in [6.45, 7) is 7.09. The highest BCUT2D eigenvalue weighted by molar-refractivity contribution is 5.94. The number of hydrogen-bond acceptors (Lipinski definition) is 11. The van der Waals surface area contributed by atoms with Gasteiger partial charge in [0.1, 0.15) is 6.61 Å². The van der Waals surface area contributed by atoms with Gasteiger partial charge in [-0.15, -0.1) is 5.10 Å². The summed E-state index contributed by atoms with van der Waals surface area (Å²) in [7, 11) is 0. The highest BCUT2D eigenvalue weighted by atomic mass is 16.6. The Morgan fingerprint density at radius 1 is 1.12 bits per heavy atom. The Morgan fingerprint density at radius 2 is 1.98 bits per heavy atom. The number of aromatic nitrogens is 5. The number of likely N-dealkylation sites (tertiary alicyclic amines) is 1. The maximum atomic E-state index is 13.1. The maximum Gasteiger partial charge on any atom is 0.293 e. The molecular weight excluding hydrogens is 526 g/mol. The predicted octanol–water partition coefficient (Wildman–Crippen LogP) is 3.27. The SMILES string of the molecule is CCOc1cc(C=NNC(=O)c2nnn(-c3nonc3N)c2CN2CCCCC2)ccc1OCc1cccc(C)c1. The Labute approximate surface area is 237 Å². The van der Waals surface area contributed by atoms with Crippen LogP contribution in [0.25, 0.3) is 5.82 Å². The lowest BCUT2D eigenvalue weighted by molar-refractivity contribution is 0.0947. The molecule has 41 heavy (non-hydrogen) atoms. The van der Waals surface area contributed by atoms with Crippen LogP contribution in [0, 0.1) is 6.92 Å². The quantitative estimate of drug-likeness (QED) is 0.206. The maximum absolute atomic E-state index is 13.1. The van der Waals surface area contributed by atoms with Gasteiger partial charge in [0.15, 0.2) is 17.2 Å². The van der Waals surface area contributed by atoms with Crippen molar-refractivity contribution in [3.63, 3.8) is 0 Å². The number of benzene rings is 2. The fraction of sp³-hybridized carbons (Fsp3) is 0.357. The zero-order valence-corrected chi connectivity index (χ0v) is 23.1. The zero-order valence-electron chi connectivity index (χ0n) is 23.1. The van der Waals surface area contributed by atoms with E-state index in [2.05, 4.69) is 42.1 Å². The Hall–Kier alpha value is -4.78. The third-order valence-corrected chi connectivity index (χ3v) is 6.62. The van der Waals surface area contributed by atoms with Gasteiger partial charge in [-0.1, -0.05) is 41.5 Å². The summed E-state index contributed by atoms with van der Waals surface area (Å²) in [6.07, 6.45) is 4.88. The minimum atomic E-state index is -0.516. The van der Waals surface area contributed by atoms with Crippen molar-refractivity contribution in [1.29, 1.82) is 0 Å². The smallest absolute Gasteiger partial charge is 0.293 e. The number of anilines is 1. The number of hydrogen-bond donors (Lipinski definition) is 2. The first-order chi connectivity index (χ1) is 20.0. The number of hydrazone groups is 1. The third kappa shape index (κ3) is 6.87. The van der Waals surface area contributed by atoms with Crippen molar-refractivity contribution < 1.29 is 18.9 Å². The molecule has 0 unspecified atom stereocenters. The summed E-state index contributed by atoms with van der Waals surface area (Å²) >= 11 is 0. The van der Waals surface area contributed by atoms with Crippen molar-refractivity contribution >= 4 is 17.9 Å². The molecule has 0 saturated carbocycles. The lowest BCUT2D eigenvalue weighted by Gasteiger charge is -2.26. The van der Waals surface area contributed by atoms with Crippen LogP contribution in [0.2, 0.25) is 0 Å². The van der Waals surface area contributed by atoms with Crippen LogP contribution in [0.3, 0.4) is 0 Å². The van der Waals surface area contributed by atoms with Gasteiger partial charge in [-0.3, -0.25) is 9.69 Å². The molecule has 214 valence electrons. The van der Waals surface area contributed by atoms with E-state index in [0.29, 0.717) is 37.0 Å². The molecule has 2 aromatic heterocycles. The van der Waals surface area contributed by atoms with Gasteiger partial charge >= 0.3 is 0 Å². The number of carbonyl (C=O) groups is 1. The number of piperidine rings is 1. The number of ether oxygens (including phenoxy) is 2. The fourth-order valence-electron chi connectivity index (χ4n) is 4.63. The molecule has 1 aliphatic rings. The first kappa shape index (κ1) is 27.8. The van der Waals surface area contributed by atoms with Gasteiger partial charge in [0.05, 0.1) is 18.5 Å². The van der Waals surface area contributed by atoms with Gasteiger partial charge in [-0.05, 0) is 79.4 Å². The number of nitrogens with zero attached hydrogens (tertiary/aromatic N) is 7. The summed E-state index contributed by atoms with van der Waals surface area (Å²) in [6, 6.07) is 13.6. The van der Waals surface area contributed by atoms with Crippen molar-refractivity contribution in [3.8, 4) is 17.3 Å². The molecule has 1 fully saturated rings. The Balaban J connectivity index is 1.29. The molecule has 0 spiro atoms. The average Bonchev–Trinajstić information content (AvgIpc) is 3.59. The van der Waals surface area contributed by atoms with Gasteiger partial charge in [0, 0.05) is 6.54 Å². The van der Waals surface area contributed by atoms with E-state index >= 15 is 0 Å². The normalized spacial score (nSPS) is 13.9. The van der Waals surface area contributed by atoms with Crippen LogP contribution in [0.4, 0.5) is 5.82 Å². The van der Waals surface area contributed by atoms with Gasteiger partial charge in [0.25, 0.3) is 5.91 Å². The monoisotopic (exact) mass is 559 g/mol. The number of carbonyl (C=O) groups excluding carboxylic acids is 1. The topological polar surface area (TPSA) is 159 Å². The highest BCUT2D eigenvalue weighted by Gasteiger charge is 2.26. The lowest BCUT2D eigenvalue weighted by Crippen LogP contribution is -2.31. The van der Waals surface area contributed by atoms with Crippen molar-refractivity contribution in [3.05, 3.63) is 70.5 Å². The molecule has 0 radical (unpaired) electrons. The number of nitrogen functional groups attached to an aromatic ring is 1. The first-order valence-corrected chi connectivity index (χ1v) is 13.6. The van der Waals surface area contributed by atoms with Crippen LogP contribution >= 0.6 is 0 Å². The summed E-state index contributed by atoms with van der Waals surface area (Å²) in [5.41, 5.74) is 12.0. The molecule has 1 amide bonds. The number of aryl methyl sites for hydroxylation is 1. The fourth-order valence-corrected chi connectivity index (χ4v) is 4.63. The molecule has 2 aromatic carbocycles. The molecule has 3 heterocycles. The number of nitrogens with two attached hydrogens (primary N) is 1.